The quantitative estimate of drug-likeness (QED) is 0.626. The van der Waals surface area contributed by atoms with Crippen molar-refractivity contribution < 1.29 is 35.5 Å². The van der Waals surface area contributed by atoms with Crippen LogP contribution in [0.4, 0.5) is 30.7 Å². The van der Waals surface area contributed by atoms with Gasteiger partial charge in [0.05, 0.1) is 16.6 Å². The molecule has 0 heterocycles. The van der Waals surface area contributed by atoms with Crippen molar-refractivity contribution in [2.45, 2.75) is 18.6 Å². The molecule has 11 heteroatoms. The molecule has 2 aromatic carbocycles. The van der Waals surface area contributed by atoms with Gasteiger partial charge in [-0.15, -0.1) is 25.6 Å². The molecule has 0 aliphatic carbocycles. The van der Waals surface area contributed by atoms with Crippen LogP contribution in [0.2, 0.25) is 5.02 Å². The van der Waals surface area contributed by atoms with Crippen molar-refractivity contribution >= 4 is 24.0 Å². The van der Waals surface area contributed by atoms with Crippen LogP contribution in [0.5, 0.6) is 5.75 Å². The van der Waals surface area contributed by atoms with Crippen molar-refractivity contribution in [2.24, 2.45) is 5.73 Å². The van der Waals surface area contributed by atoms with Crippen LogP contribution in [0.25, 0.3) is 0 Å². The molecule has 0 bridgehead atoms. The molecule has 1 atom stereocenters. The zero-order valence-electron chi connectivity index (χ0n) is 12.5. The highest BCUT2D eigenvalue weighted by Gasteiger charge is 2.37. The monoisotopic (exact) mass is 423 g/mol. The maximum atomic E-state index is 14.1. The number of ether oxygens (including phenoxy) is 1. The first-order valence-corrected chi connectivity index (χ1v) is 6.94. The Bertz CT molecular complexity index is 760. The summed E-state index contributed by atoms with van der Waals surface area (Å²) in [5.41, 5.74) is 3.42. The van der Waals surface area contributed by atoms with E-state index in [1.165, 1.54) is 0 Å². The SMILES string of the molecule is Cl.N[C@H](c1ccc(OC(F)(F)F)cc1)c1c(C(F)(F)F)ccc(Cl)c1F. The second-order valence-corrected chi connectivity index (χ2v) is 5.32. The molecule has 144 valence electrons. The van der Waals surface area contributed by atoms with E-state index in [0.717, 1.165) is 30.3 Å². The average molecular weight is 424 g/mol. The molecule has 26 heavy (non-hydrogen) atoms. The lowest BCUT2D eigenvalue weighted by atomic mass is 9.94. The van der Waals surface area contributed by atoms with Gasteiger partial charge in [0.1, 0.15) is 11.6 Å². The smallest absolute Gasteiger partial charge is 0.406 e. The second-order valence-electron chi connectivity index (χ2n) is 4.91. The van der Waals surface area contributed by atoms with Gasteiger partial charge in [-0.2, -0.15) is 13.2 Å². The van der Waals surface area contributed by atoms with Gasteiger partial charge in [0.25, 0.3) is 0 Å². The maximum absolute atomic E-state index is 14.1. The van der Waals surface area contributed by atoms with Crippen LogP contribution in [0.1, 0.15) is 22.7 Å². The molecule has 0 spiro atoms. The standard InChI is InChI=1S/C15H9ClF7NO.ClH/c16-10-6-5-9(14(18,19)20)11(12(10)17)13(24)7-1-3-8(4-2-7)25-15(21,22)23;/h1-6,13H,24H2;1H/t13-;/m1./s1. The van der Waals surface area contributed by atoms with E-state index < -0.39 is 46.3 Å². The third-order valence-electron chi connectivity index (χ3n) is 3.22. The highest BCUT2D eigenvalue weighted by molar-refractivity contribution is 6.30. The van der Waals surface area contributed by atoms with Crippen molar-refractivity contribution in [2.75, 3.05) is 0 Å². The lowest BCUT2D eigenvalue weighted by molar-refractivity contribution is -0.274. The normalized spacial score (nSPS) is 13.1. The van der Waals surface area contributed by atoms with E-state index in [0.29, 0.717) is 6.07 Å². The van der Waals surface area contributed by atoms with Gasteiger partial charge in [-0.25, -0.2) is 4.39 Å². The summed E-state index contributed by atoms with van der Waals surface area (Å²) >= 11 is 5.52. The van der Waals surface area contributed by atoms with Gasteiger partial charge in [-0.3, -0.25) is 0 Å². The van der Waals surface area contributed by atoms with Crippen molar-refractivity contribution in [3.8, 4) is 5.75 Å². The molecule has 2 aromatic rings. The fourth-order valence-corrected chi connectivity index (χ4v) is 2.33. The Morgan fingerprint density at radius 2 is 1.46 bits per heavy atom. The fourth-order valence-electron chi connectivity index (χ4n) is 2.16. The van der Waals surface area contributed by atoms with Gasteiger partial charge in [0, 0.05) is 5.56 Å². The molecular weight excluding hydrogens is 414 g/mol. The van der Waals surface area contributed by atoms with Gasteiger partial charge in [0.2, 0.25) is 0 Å². The molecule has 0 aromatic heterocycles. The molecule has 2 nitrogen and oxygen atoms in total. The predicted molar refractivity (Wildman–Crippen MR) is 82.8 cm³/mol. The van der Waals surface area contributed by atoms with E-state index in [2.05, 4.69) is 4.74 Å². The largest absolute Gasteiger partial charge is 0.573 e. The lowest BCUT2D eigenvalue weighted by Gasteiger charge is -2.20. The summed E-state index contributed by atoms with van der Waals surface area (Å²) in [6.07, 6.45) is -9.82. The van der Waals surface area contributed by atoms with Gasteiger partial charge in [-0.1, -0.05) is 23.7 Å². The minimum atomic E-state index is -4.92. The van der Waals surface area contributed by atoms with Crippen molar-refractivity contribution in [1.29, 1.82) is 0 Å². The van der Waals surface area contributed by atoms with E-state index in [1.807, 2.05) is 0 Å². The summed E-state index contributed by atoms with van der Waals surface area (Å²) in [6, 6.07) is 3.46. The Morgan fingerprint density at radius 3 is 1.92 bits per heavy atom. The second kappa shape index (κ2) is 7.89. The Hall–Kier alpha value is -1.71. The first-order chi connectivity index (χ1) is 11.4. The number of hydrogen-bond donors (Lipinski definition) is 1. The summed E-state index contributed by atoms with van der Waals surface area (Å²) in [5.74, 6) is -1.94. The van der Waals surface area contributed by atoms with Gasteiger partial charge in [-0.05, 0) is 29.8 Å². The molecule has 0 radical (unpaired) electrons. The zero-order chi connectivity index (χ0) is 19.0. The van der Waals surface area contributed by atoms with Gasteiger partial charge in [0.15, 0.2) is 0 Å². The van der Waals surface area contributed by atoms with E-state index in [9.17, 15) is 30.7 Å². The molecule has 0 saturated heterocycles. The molecule has 0 fully saturated rings. The van der Waals surface area contributed by atoms with Gasteiger partial charge >= 0.3 is 12.5 Å². The molecule has 0 aliphatic rings. The van der Waals surface area contributed by atoms with Crippen LogP contribution < -0.4 is 10.5 Å². The Labute approximate surface area is 154 Å². The number of benzene rings is 2. The fraction of sp³-hybridized carbons (Fsp3) is 0.200. The van der Waals surface area contributed by atoms with Crippen molar-refractivity contribution in [1.82, 2.24) is 0 Å². The summed E-state index contributed by atoms with van der Waals surface area (Å²) in [7, 11) is 0. The number of nitrogens with two attached hydrogens (primary N) is 1. The lowest BCUT2D eigenvalue weighted by Crippen LogP contribution is -2.21. The predicted octanol–water partition coefficient (Wildman–Crippen LogP) is 5.87. The molecular formula is C15H10Cl2F7NO. The highest BCUT2D eigenvalue weighted by atomic mass is 35.5. The summed E-state index contributed by atoms with van der Waals surface area (Å²) in [4.78, 5) is 0. The molecule has 2 rings (SSSR count). The summed E-state index contributed by atoms with van der Waals surface area (Å²) in [5, 5.41) is -0.560. The van der Waals surface area contributed by atoms with Crippen LogP contribution in [0.15, 0.2) is 36.4 Å². The number of hydrogen-bond acceptors (Lipinski definition) is 2. The van der Waals surface area contributed by atoms with Crippen LogP contribution in [0.3, 0.4) is 0 Å². The Morgan fingerprint density at radius 1 is 0.923 bits per heavy atom. The molecule has 0 amide bonds. The number of alkyl halides is 6. The number of rotatable bonds is 3. The first kappa shape index (κ1) is 22.3. The molecule has 0 saturated carbocycles. The Balaban J connectivity index is 0.00000338. The molecule has 2 N–H and O–H groups in total. The highest BCUT2D eigenvalue weighted by Crippen LogP contribution is 2.39. The van der Waals surface area contributed by atoms with E-state index in [-0.39, 0.29) is 18.0 Å². The van der Waals surface area contributed by atoms with Gasteiger partial charge < -0.3 is 10.5 Å². The minimum absolute atomic E-state index is 0. The van der Waals surface area contributed by atoms with Crippen molar-refractivity contribution in [3.63, 3.8) is 0 Å². The topological polar surface area (TPSA) is 35.2 Å². The summed E-state index contributed by atoms with van der Waals surface area (Å²) < 4.78 is 93.4. The summed E-state index contributed by atoms with van der Waals surface area (Å²) in [6.45, 7) is 0. The molecule has 0 unspecified atom stereocenters. The van der Waals surface area contributed by atoms with Crippen LogP contribution in [-0.4, -0.2) is 6.36 Å². The maximum Gasteiger partial charge on any atom is 0.573 e. The van der Waals surface area contributed by atoms with Crippen LogP contribution in [0, 0.1) is 5.82 Å². The minimum Gasteiger partial charge on any atom is -0.406 e. The van der Waals surface area contributed by atoms with E-state index in [1.54, 1.807) is 0 Å². The molecule has 0 aliphatic heterocycles. The first-order valence-electron chi connectivity index (χ1n) is 6.56. The van der Waals surface area contributed by atoms with Crippen LogP contribution >= 0.6 is 24.0 Å². The van der Waals surface area contributed by atoms with Crippen molar-refractivity contribution in [3.05, 3.63) is 63.9 Å². The third-order valence-corrected chi connectivity index (χ3v) is 3.51. The van der Waals surface area contributed by atoms with Crippen LogP contribution in [-0.2, 0) is 6.18 Å². The zero-order valence-corrected chi connectivity index (χ0v) is 14.0. The Kier molecular flexibility index (Phi) is 6.78. The number of halogens is 9. The van der Waals surface area contributed by atoms with E-state index >= 15 is 0 Å². The van der Waals surface area contributed by atoms with E-state index in [4.69, 9.17) is 17.3 Å². The average Bonchev–Trinajstić information content (AvgIpc) is 2.47. The third kappa shape index (κ3) is 5.15.